The standard InChI is InChI=1S/C46H54FN5O8S/c1-44(24-25-44)61(57,58)51-42(55)46-23-20-30(46)13-5-3-2-4-6-19-36(49-43(56)59-32-15-7-8-16-32)41(54)52-28-45(27-37(52)40(53)50-46)22-21-34-33-17-9-10-18-35(33)48-38(39(34)60-45)29-12-11-14-31(47)26-29/h5,9-14,17-18,26,30,32,36-37H,2-4,6-8,15-16,19-25,27-28H2,1H3,(H,49,56)(H,50,53)(H,51,55)/b13-5-/t30-,36+,37+,45-,46-/m1/s1. The molecule has 61 heavy (non-hydrogen) atoms. The first-order valence-electron chi connectivity index (χ1n) is 22.0. The number of carbonyl (C=O) groups is 4. The number of hydrogen-bond acceptors (Lipinski definition) is 9. The number of pyridine rings is 1. The van der Waals surface area contributed by atoms with E-state index in [0.29, 0.717) is 68.4 Å². The number of halogens is 1. The molecule has 15 heteroatoms. The monoisotopic (exact) mass is 855 g/mol. The zero-order chi connectivity index (χ0) is 42.6. The lowest BCUT2D eigenvalue weighted by molar-refractivity contribution is -0.144. The third-order valence-electron chi connectivity index (χ3n) is 14.1. The fourth-order valence-electron chi connectivity index (χ4n) is 10.0. The van der Waals surface area contributed by atoms with Crippen molar-refractivity contribution in [3.05, 3.63) is 72.1 Å². The van der Waals surface area contributed by atoms with Crippen molar-refractivity contribution >= 4 is 44.7 Å². The van der Waals surface area contributed by atoms with Crippen LogP contribution >= 0.6 is 0 Å². The van der Waals surface area contributed by atoms with Crippen LogP contribution in [-0.4, -0.2) is 82.7 Å². The molecule has 2 aromatic carbocycles. The van der Waals surface area contributed by atoms with Gasteiger partial charge in [-0.25, -0.2) is 22.6 Å². The van der Waals surface area contributed by atoms with Crippen LogP contribution in [0.2, 0.25) is 0 Å². The molecule has 4 fully saturated rings. The number of rotatable bonds is 6. The number of aromatic nitrogens is 1. The van der Waals surface area contributed by atoms with Gasteiger partial charge in [0.1, 0.15) is 46.6 Å². The zero-order valence-corrected chi connectivity index (χ0v) is 35.4. The Balaban J connectivity index is 1.09. The topological polar surface area (TPSA) is 173 Å². The SMILES string of the molecule is CC1(S(=O)(=O)NC(=O)[C@@]23CC[C@H]2/C=C\CCCCC[C@H](NC(=O)OC2CCCC2)C(=O)N2C[C@@]4(CCc5c(c(-c6cccc(F)c6)nc6ccccc56)O4)C[C@H]2C(=O)N3)CC1. The van der Waals surface area contributed by atoms with E-state index in [9.17, 15) is 22.4 Å². The molecule has 4 amide bonds. The van der Waals surface area contributed by atoms with Crippen molar-refractivity contribution in [2.75, 3.05) is 6.54 Å². The van der Waals surface area contributed by atoms with Gasteiger partial charge in [0.25, 0.3) is 5.91 Å². The van der Waals surface area contributed by atoms with Gasteiger partial charge in [-0.2, -0.15) is 0 Å². The molecule has 0 bridgehead atoms. The van der Waals surface area contributed by atoms with Gasteiger partial charge in [0.05, 0.1) is 16.8 Å². The van der Waals surface area contributed by atoms with Gasteiger partial charge in [-0.1, -0.05) is 55.3 Å². The van der Waals surface area contributed by atoms with Crippen LogP contribution in [-0.2, 0) is 35.6 Å². The summed E-state index contributed by atoms with van der Waals surface area (Å²) in [6, 6.07) is 11.6. The summed E-state index contributed by atoms with van der Waals surface area (Å²) in [4.78, 5) is 64.1. The Labute approximate surface area is 355 Å². The minimum Gasteiger partial charge on any atom is -0.483 e. The van der Waals surface area contributed by atoms with Gasteiger partial charge in [-0.3, -0.25) is 19.1 Å². The second-order valence-corrected chi connectivity index (χ2v) is 20.5. The van der Waals surface area contributed by atoms with Crippen LogP contribution < -0.4 is 20.1 Å². The van der Waals surface area contributed by atoms with Gasteiger partial charge in [-0.05, 0) is 109 Å². The quantitative estimate of drug-likeness (QED) is 0.233. The highest BCUT2D eigenvalue weighted by Crippen LogP contribution is 2.49. The number of allylic oxidation sites excluding steroid dienone is 1. The Kier molecular flexibility index (Phi) is 10.8. The second-order valence-electron chi connectivity index (χ2n) is 18.3. The van der Waals surface area contributed by atoms with Crippen LogP contribution in [0.25, 0.3) is 22.2 Å². The zero-order valence-electron chi connectivity index (χ0n) is 34.6. The molecule has 4 heterocycles. The number of nitrogens with one attached hydrogen (secondary N) is 3. The van der Waals surface area contributed by atoms with Crippen LogP contribution in [0.15, 0.2) is 60.7 Å². The molecule has 3 aliphatic heterocycles. The third-order valence-corrected chi connectivity index (χ3v) is 16.3. The molecule has 13 nitrogen and oxygen atoms in total. The van der Waals surface area contributed by atoms with Gasteiger partial charge in [-0.15, -0.1) is 0 Å². The molecule has 3 N–H and O–H groups in total. The van der Waals surface area contributed by atoms with Crippen molar-refractivity contribution in [3.63, 3.8) is 0 Å². The molecule has 9 rings (SSSR count). The van der Waals surface area contributed by atoms with Crippen molar-refractivity contribution in [1.29, 1.82) is 0 Å². The Morgan fingerprint density at radius 1 is 0.967 bits per heavy atom. The Hall–Kier alpha value is -5.05. The molecule has 1 spiro atoms. The van der Waals surface area contributed by atoms with E-state index in [1.165, 1.54) is 17.0 Å². The largest absolute Gasteiger partial charge is 0.483 e. The lowest BCUT2D eigenvalue weighted by atomic mass is 9.65. The first kappa shape index (κ1) is 41.3. The van der Waals surface area contributed by atoms with Crippen molar-refractivity contribution in [1.82, 2.24) is 25.2 Å². The molecular weight excluding hydrogens is 802 g/mol. The summed E-state index contributed by atoms with van der Waals surface area (Å²) < 4.78 is 55.6. The third kappa shape index (κ3) is 7.87. The van der Waals surface area contributed by atoms with E-state index in [1.54, 1.807) is 19.1 Å². The van der Waals surface area contributed by atoms with E-state index in [1.807, 2.05) is 36.4 Å². The van der Waals surface area contributed by atoms with Gasteiger partial charge in [0.2, 0.25) is 21.8 Å². The number of sulfonamides is 1. The number of fused-ring (bicyclic) bond motifs is 5. The van der Waals surface area contributed by atoms with E-state index in [4.69, 9.17) is 14.5 Å². The minimum atomic E-state index is -4.04. The molecule has 3 aliphatic carbocycles. The first-order chi connectivity index (χ1) is 29.3. The molecule has 3 aromatic rings. The minimum absolute atomic E-state index is 0.0239. The highest BCUT2D eigenvalue weighted by Gasteiger charge is 2.59. The summed E-state index contributed by atoms with van der Waals surface area (Å²) in [6.45, 7) is 1.58. The average molecular weight is 856 g/mol. The Morgan fingerprint density at radius 3 is 2.51 bits per heavy atom. The van der Waals surface area contributed by atoms with Crippen LogP contribution in [0.5, 0.6) is 5.75 Å². The van der Waals surface area contributed by atoms with E-state index in [2.05, 4.69) is 15.4 Å². The van der Waals surface area contributed by atoms with Crippen molar-refractivity contribution in [2.45, 2.75) is 144 Å². The molecule has 3 saturated carbocycles. The summed E-state index contributed by atoms with van der Waals surface area (Å²) in [7, 11) is -4.04. The fraction of sp³-hybridized carbons (Fsp3) is 0.543. The van der Waals surface area contributed by atoms with E-state index in [-0.39, 0.29) is 25.5 Å². The molecule has 0 radical (unpaired) electrons. The fourth-order valence-corrected chi connectivity index (χ4v) is 11.3. The van der Waals surface area contributed by atoms with E-state index >= 15 is 9.59 Å². The van der Waals surface area contributed by atoms with Crippen molar-refractivity contribution in [3.8, 4) is 17.0 Å². The van der Waals surface area contributed by atoms with Crippen LogP contribution in [0.3, 0.4) is 0 Å². The predicted octanol–water partition coefficient (Wildman–Crippen LogP) is 6.53. The number of alkyl carbamates (subject to hydrolysis) is 1. The summed E-state index contributed by atoms with van der Waals surface area (Å²) in [5.41, 5.74) is -0.139. The molecule has 6 aliphatic rings. The highest BCUT2D eigenvalue weighted by molar-refractivity contribution is 7.91. The van der Waals surface area contributed by atoms with E-state index < -0.39 is 73.5 Å². The molecule has 324 valence electrons. The number of nitrogens with zero attached hydrogens (tertiary/aromatic N) is 2. The van der Waals surface area contributed by atoms with Crippen LogP contribution in [0, 0.1) is 11.7 Å². The summed E-state index contributed by atoms with van der Waals surface area (Å²) in [5.74, 6) is -2.36. The number of benzene rings is 2. The summed E-state index contributed by atoms with van der Waals surface area (Å²) in [6.07, 6.45) is 12.1. The molecule has 1 saturated heterocycles. The average Bonchev–Trinajstić information content (AvgIpc) is 3.61. The Morgan fingerprint density at radius 2 is 1.75 bits per heavy atom. The maximum atomic E-state index is 15.0. The lowest BCUT2D eigenvalue weighted by Gasteiger charge is -2.48. The first-order valence-corrected chi connectivity index (χ1v) is 23.5. The van der Waals surface area contributed by atoms with Crippen molar-refractivity contribution in [2.24, 2.45) is 5.92 Å². The highest BCUT2D eigenvalue weighted by atomic mass is 32.2. The number of hydrogen-bond donors (Lipinski definition) is 3. The van der Waals surface area contributed by atoms with Gasteiger partial charge in [0.15, 0.2) is 0 Å². The lowest BCUT2D eigenvalue weighted by Crippen LogP contribution is -2.70. The molecular formula is C46H54FN5O8S. The molecule has 0 unspecified atom stereocenters. The van der Waals surface area contributed by atoms with Gasteiger partial charge >= 0.3 is 6.09 Å². The summed E-state index contributed by atoms with van der Waals surface area (Å²) in [5, 5.41) is 6.76. The maximum absolute atomic E-state index is 15.0. The second kappa shape index (κ2) is 16.0. The number of aryl methyl sites for hydroxylation is 1. The maximum Gasteiger partial charge on any atom is 0.408 e. The number of amides is 4. The summed E-state index contributed by atoms with van der Waals surface area (Å²) >= 11 is 0. The van der Waals surface area contributed by atoms with Crippen LogP contribution in [0.4, 0.5) is 9.18 Å². The van der Waals surface area contributed by atoms with Crippen molar-refractivity contribution < 1.29 is 41.5 Å². The van der Waals surface area contributed by atoms with Gasteiger partial charge < -0.3 is 25.0 Å². The molecule has 1 aromatic heterocycles. The normalized spacial score (nSPS) is 29.4. The smallest absolute Gasteiger partial charge is 0.408 e. The Bertz CT molecular complexity index is 2400. The number of ether oxygens (including phenoxy) is 2. The number of para-hydroxylation sites is 1. The molecule has 5 atom stereocenters. The number of carbonyl (C=O) groups excluding carboxylic acids is 4. The van der Waals surface area contributed by atoms with Gasteiger partial charge in [0, 0.05) is 28.9 Å². The van der Waals surface area contributed by atoms with E-state index in [0.717, 1.165) is 55.0 Å². The predicted molar refractivity (Wildman–Crippen MR) is 225 cm³/mol. The van der Waals surface area contributed by atoms with Crippen LogP contribution in [0.1, 0.15) is 109 Å².